The standard InChI is InChI=1S/C35H65NO7/c1-6-11-13-15-17-19-28-40-34(41-29-20-18-16-14-12-7-2)26-25-33(37)39-30-21-24-32(23-8-3)43-35(38)42-31-22-27-36(9-4)10-5/h11-14,32,34H,6-10,15-31H2,1-5H3/b13-11-,14-12-. The van der Waals surface area contributed by atoms with E-state index in [1.807, 2.05) is 0 Å². The maximum atomic E-state index is 12.4. The Morgan fingerprint density at radius 3 is 1.81 bits per heavy atom. The molecular weight excluding hydrogens is 546 g/mol. The lowest BCUT2D eigenvalue weighted by molar-refractivity contribution is -0.159. The highest BCUT2D eigenvalue weighted by Gasteiger charge is 2.16. The molecule has 0 aliphatic heterocycles. The van der Waals surface area contributed by atoms with Crippen LogP contribution >= 0.6 is 0 Å². The molecule has 0 saturated carbocycles. The van der Waals surface area contributed by atoms with Crippen molar-refractivity contribution in [3.05, 3.63) is 24.3 Å². The van der Waals surface area contributed by atoms with Crippen LogP contribution in [0.2, 0.25) is 0 Å². The van der Waals surface area contributed by atoms with Crippen LogP contribution in [0, 0.1) is 0 Å². The summed E-state index contributed by atoms with van der Waals surface area (Å²) in [5, 5.41) is 0. The summed E-state index contributed by atoms with van der Waals surface area (Å²) in [6, 6.07) is 0. The average Bonchev–Trinajstić information content (AvgIpc) is 3.00. The van der Waals surface area contributed by atoms with Gasteiger partial charge in [-0.3, -0.25) is 4.79 Å². The normalized spacial score (nSPS) is 12.5. The van der Waals surface area contributed by atoms with E-state index in [1.165, 1.54) is 0 Å². The third-order valence-corrected chi connectivity index (χ3v) is 7.07. The fourth-order valence-electron chi connectivity index (χ4n) is 4.48. The molecule has 0 amide bonds. The fourth-order valence-corrected chi connectivity index (χ4v) is 4.48. The molecule has 0 saturated heterocycles. The monoisotopic (exact) mass is 611 g/mol. The zero-order valence-electron chi connectivity index (χ0n) is 28.3. The number of carbonyl (C=O) groups excluding carboxylic acids is 2. The molecule has 1 atom stereocenters. The molecule has 8 nitrogen and oxygen atoms in total. The molecule has 0 radical (unpaired) electrons. The topological polar surface area (TPSA) is 83.5 Å². The molecule has 43 heavy (non-hydrogen) atoms. The van der Waals surface area contributed by atoms with Crippen LogP contribution in [0.1, 0.15) is 131 Å². The van der Waals surface area contributed by atoms with Crippen molar-refractivity contribution in [3.63, 3.8) is 0 Å². The predicted molar refractivity (Wildman–Crippen MR) is 175 cm³/mol. The summed E-state index contributed by atoms with van der Waals surface area (Å²) >= 11 is 0. The average molecular weight is 612 g/mol. The molecule has 0 bridgehead atoms. The number of allylic oxidation sites excluding steroid dienone is 4. The number of ether oxygens (including phenoxy) is 5. The van der Waals surface area contributed by atoms with E-state index in [2.05, 4.69) is 63.8 Å². The van der Waals surface area contributed by atoms with Crippen molar-refractivity contribution in [3.8, 4) is 0 Å². The Morgan fingerprint density at radius 1 is 0.651 bits per heavy atom. The van der Waals surface area contributed by atoms with Crippen molar-refractivity contribution >= 4 is 12.1 Å². The summed E-state index contributed by atoms with van der Waals surface area (Å²) < 4.78 is 28.3. The van der Waals surface area contributed by atoms with Crippen LogP contribution in [-0.2, 0) is 28.5 Å². The van der Waals surface area contributed by atoms with Crippen molar-refractivity contribution in [2.24, 2.45) is 0 Å². The molecule has 0 N–H and O–H groups in total. The molecule has 0 spiro atoms. The highest BCUT2D eigenvalue weighted by molar-refractivity contribution is 5.69. The number of hydrogen-bond donors (Lipinski definition) is 0. The molecule has 0 aromatic rings. The van der Waals surface area contributed by atoms with Crippen LogP contribution in [-0.4, -0.2) is 75.5 Å². The van der Waals surface area contributed by atoms with Crippen molar-refractivity contribution in [1.29, 1.82) is 0 Å². The van der Waals surface area contributed by atoms with Crippen LogP contribution in [0.15, 0.2) is 24.3 Å². The lowest BCUT2D eigenvalue weighted by atomic mass is 10.1. The van der Waals surface area contributed by atoms with E-state index in [4.69, 9.17) is 23.7 Å². The van der Waals surface area contributed by atoms with E-state index in [-0.39, 0.29) is 18.5 Å². The maximum absolute atomic E-state index is 12.4. The van der Waals surface area contributed by atoms with E-state index in [0.29, 0.717) is 45.7 Å². The molecule has 0 aliphatic rings. The van der Waals surface area contributed by atoms with Gasteiger partial charge in [0.1, 0.15) is 6.10 Å². The van der Waals surface area contributed by atoms with Gasteiger partial charge in [0.25, 0.3) is 0 Å². The fraction of sp³-hybridized carbons (Fsp3) is 0.829. The molecule has 0 rings (SSSR count). The Hall–Kier alpha value is -1.90. The van der Waals surface area contributed by atoms with Crippen LogP contribution in [0.25, 0.3) is 0 Å². The Bertz CT molecular complexity index is 670. The first-order valence-corrected chi connectivity index (χ1v) is 17.2. The second-order valence-electron chi connectivity index (χ2n) is 10.8. The number of carbonyl (C=O) groups is 2. The van der Waals surface area contributed by atoms with Crippen molar-refractivity contribution in [1.82, 2.24) is 4.90 Å². The summed E-state index contributed by atoms with van der Waals surface area (Å²) in [6.07, 6.45) is 20.3. The van der Waals surface area contributed by atoms with E-state index in [0.717, 1.165) is 90.3 Å². The van der Waals surface area contributed by atoms with Crippen molar-refractivity contribution in [2.75, 3.05) is 46.1 Å². The van der Waals surface area contributed by atoms with Gasteiger partial charge in [0.15, 0.2) is 6.29 Å². The smallest absolute Gasteiger partial charge is 0.466 e. The van der Waals surface area contributed by atoms with Gasteiger partial charge in [0.2, 0.25) is 0 Å². The molecule has 252 valence electrons. The van der Waals surface area contributed by atoms with E-state index < -0.39 is 12.4 Å². The minimum absolute atomic E-state index is 0.236. The van der Waals surface area contributed by atoms with Crippen molar-refractivity contribution in [2.45, 2.75) is 143 Å². The van der Waals surface area contributed by atoms with Gasteiger partial charge in [-0.2, -0.15) is 0 Å². The van der Waals surface area contributed by atoms with Gasteiger partial charge in [0, 0.05) is 26.2 Å². The minimum atomic E-state index is -0.615. The molecule has 0 aliphatic carbocycles. The zero-order chi connectivity index (χ0) is 31.8. The number of esters is 1. The first-order chi connectivity index (χ1) is 21.0. The predicted octanol–water partition coefficient (Wildman–Crippen LogP) is 8.78. The summed E-state index contributed by atoms with van der Waals surface area (Å²) in [5.74, 6) is -0.257. The highest BCUT2D eigenvalue weighted by Crippen LogP contribution is 2.13. The van der Waals surface area contributed by atoms with Gasteiger partial charge >= 0.3 is 12.1 Å². The second kappa shape index (κ2) is 31.5. The Kier molecular flexibility index (Phi) is 30.1. The van der Waals surface area contributed by atoms with Gasteiger partial charge in [-0.25, -0.2) is 4.79 Å². The Morgan fingerprint density at radius 2 is 1.26 bits per heavy atom. The Balaban J connectivity index is 4.36. The first-order valence-electron chi connectivity index (χ1n) is 17.2. The number of hydrogen-bond acceptors (Lipinski definition) is 8. The Labute approximate surface area is 263 Å². The lowest BCUT2D eigenvalue weighted by Gasteiger charge is -2.19. The summed E-state index contributed by atoms with van der Waals surface area (Å²) in [4.78, 5) is 26.9. The highest BCUT2D eigenvalue weighted by atomic mass is 16.7. The first kappa shape index (κ1) is 41.1. The van der Waals surface area contributed by atoms with Gasteiger partial charge in [-0.1, -0.05) is 65.3 Å². The van der Waals surface area contributed by atoms with E-state index >= 15 is 0 Å². The van der Waals surface area contributed by atoms with E-state index in [9.17, 15) is 9.59 Å². The number of unbranched alkanes of at least 4 members (excludes halogenated alkanes) is 4. The summed E-state index contributed by atoms with van der Waals surface area (Å²) in [6.45, 7) is 15.3. The van der Waals surface area contributed by atoms with Gasteiger partial charge in [0.05, 0.1) is 19.6 Å². The molecule has 8 heteroatoms. The molecule has 0 heterocycles. The molecular formula is C35H65NO7. The summed E-state index contributed by atoms with van der Waals surface area (Å²) in [7, 11) is 0. The third-order valence-electron chi connectivity index (χ3n) is 7.07. The van der Waals surface area contributed by atoms with Gasteiger partial charge in [-0.15, -0.1) is 0 Å². The molecule has 0 aromatic heterocycles. The van der Waals surface area contributed by atoms with Crippen molar-refractivity contribution < 1.29 is 33.3 Å². The summed E-state index contributed by atoms with van der Waals surface area (Å²) in [5.41, 5.74) is 0. The van der Waals surface area contributed by atoms with Gasteiger partial charge in [-0.05, 0) is 90.1 Å². The van der Waals surface area contributed by atoms with Crippen LogP contribution in [0.5, 0.6) is 0 Å². The number of nitrogens with zero attached hydrogens (tertiary/aromatic N) is 1. The van der Waals surface area contributed by atoms with Gasteiger partial charge < -0.3 is 28.6 Å². The van der Waals surface area contributed by atoms with Crippen LogP contribution in [0.3, 0.4) is 0 Å². The third kappa shape index (κ3) is 27.4. The van der Waals surface area contributed by atoms with Crippen LogP contribution in [0.4, 0.5) is 4.79 Å². The quantitative estimate of drug-likeness (QED) is 0.0345. The minimum Gasteiger partial charge on any atom is -0.466 e. The largest absolute Gasteiger partial charge is 0.508 e. The molecule has 1 unspecified atom stereocenters. The lowest BCUT2D eigenvalue weighted by Crippen LogP contribution is -2.26. The SMILES string of the molecule is CC/C=C\CCCCOC(CCC(=O)OCCCC(CCC)OC(=O)OCCCN(CC)CC)OCCCC/C=C\CC. The number of rotatable bonds is 30. The molecule has 0 fully saturated rings. The zero-order valence-corrected chi connectivity index (χ0v) is 28.3. The molecule has 0 aromatic carbocycles. The van der Waals surface area contributed by atoms with Crippen LogP contribution < -0.4 is 0 Å². The maximum Gasteiger partial charge on any atom is 0.508 e. The van der Waals surface area contributed by atoms with E-state index in [1.54, 1.807) is 0 Å². The second-order valence-corrected chi connectivity index (χ2v) is 10.8.